The summed E-state index contributed by atoms with van der Waals surface area (Å²) in [5.74, 6) is 1.84. The number of rotatable bonds is 3. The quantitative estimate of drug-likeness (QED) is 0.770. The Balaban J connectivity index is 1.74. The van der Waals surface area contributed by atoms with Gasteiger partial charge in [-0.15, -0.1) is 0 Å². The standard InChI is InChI=1S/C10H15NO2/c1-7-2-3-9(13-7)6-12-10-4-8(11)5-10/h2-3,8,10H,4-6,11H2,1H3. The number of nitrogens with two attached hydrogens (primary N) is 1. The van der Waals surface area contributed by atoms with Crippen molar-refractivity contribution in [1.82, 2.24) is 0 Å². The molecule has 1 aromatic rings. The van der Waals surface area contributed by atoms with E-state index < -0.39 is 0 Å². The van der Waals surface area contributed by atoms with E-state index in [1.807, 2.05) is 19.1 Å². The molecule has 3 nitrogen and oxygen atoms in total. The first kappa shape index (κ1) is 8.78. The smallest absolute Gasteiger partial charge is 0.129 e. The highest BCUT2D eigenvalue weighted by atomic mass is 16.5. The van der Waals surface area contributed by atoms with Crippen molar-refractivity contribution < 1.29 is 9.15 Å². The molecule has 0 atom stereocenters. The minimum atomic E-state index is 0.348. The van der Waals surface area contributed by atoms with Gasteiger partial charge in [0, 0.05) is 6.04 Å². The van der Waals surface area contributed by atoms with Crippen LogP contribution in [-0.2, 0) is 11.3 Å². The van der Waals surface area contributed by atoms with Crippen LogP contribution in [0.25, 0.3) is 0 Å². The Labute approximate surface area is 77.9 Å². The van der Waals surface area contributed by atoms with Gasteiger partial charge in [-0.2, -0.15) is 0 Å². The second-order valence-electron chi connectivity index (χ2n) is 3.68. The molecule has 0 aromatic carbocycles. The van der Waals surface area contributed by atoms with E-state index in [9.17, 15) is 0 Å². The molecule has 1 heterocycles. The zero-order valence-electron chi connectivity index (χ0n) is 7.82. The highest BCUT2D eigenvalue weighted by Crippen LogP contribution is 2.22. The lowest BCUT2D eigenvalue weighted by Crippen LogP contribution is -2.41. The van der Waals surface area contributed by atoms with Crippen LogP contribution in [0.15, 0.2) is 16.5 Å². The van der Waals surface area contributed by atoms with Crippen LogP contribution in [0.2, 0.25) is 0 Å². The summed E-state index contributed by atoms with van der Waals surface area (Å²) >= 11 is 0. The minimum Gasteiger partial charge on any atom is -0.464 e. The molecule has 0 bridgehead atoms. The third-order valence-corrected chi connectivity index (χ3v) is 2.39. The van der Waals surface area contributed by atoms with Crippen molar-refractivity contribution in [3.05, 3.63) is 23.7 Å². The average Bonchev–Trinajstić information content (AvgIpc) is 2.43. The number of hydrogen-bond acceptors (Lipinski definition) is 3. The molecule has 0 spiro atoms. The third-order valence-electron chi connectivity index (χ3n) is 2.39. The summed E-state index contributed by atoms with van der Waals surface area (Å²) in [6, 6.07) is 4.25. The zero-order chi connectivity index (χ0) is 9.26. The van der Waals surface area contributed by atoms with E-state index in [0.29, 0.717) is 18.8 Å². The monoisotopic (exact) mass is 181 g/mol. The van der Waals surface area contributed by atoms with Crippen molar-refractivity contribution in [3.63, 3.8) is 0 Å². The van der Waals surface area contributed by atoms with Crippen LogP contribution in [0.1, 0.15) is 24.4 Å². The fraction of sp³-hybridized carbons (Fsp3) is 0.600. The molecule has 1 saturated carbocycles. The van der Waals surface area contributed by atoms with Crippen molar-refractivity contribution >= 4 is 0 Å². The number of hydrogen-bond donors (Lipinski definition) is 1. The van der Waals surface area contributed by atoms with E-state index in [0.717, 1.165) is 24.4 Å². The zero-order valence-corrected chi connectivity index (χ0v) is 7.82. The molecule has 1 aliphatic carbocycles. The summed E-state index contributed by atoms with van der Waals surface area (Å²) in [4.78, 5) is 0. The molecule has 1 aliphatic rings. The highest BCUT2D eigenvalue weighted by molar-refractivity contribution is 5.04. The fourth-order valence-electron chi connectivity index (χ4n) is 1.51. The summed E-state index contributed by atoms with van der Waals surface area (Å²) < 4.78 is 10.9. The normalized spacial score (nSPS) is 27.2. The minimum absolute atomic E-state index is 0.348. The largest absolute Gasteiger partial charge is 0.464 e. The van der Waals surface area contributed by atoms with E-state index in [-0.39, 0.29) is 0 Å². The van der Waals surface area contributed by atoms with Crippen molar-refractivity contribution in [3.8, 4) is 0 Å². The van der Waals surface area contributed by atoms with Gasteiger partial charge in [0.2, 0.25) is 0 Å². The van der Waals surface area contributed by atoms with Crippen LogP contribution >= 0.6 is 0 Å². The molecule has 0 unspecified atom stereocenters. The Kier molecular flexibility index (Phi) is 2.38. The van der Waals surface area contributed by atoms with Gasteiger partial charge in [-0.25, -0.2) is 0 Å². The molecule has 0 amide bonds. The van der Waals surface area contributed by atoms with Crippen LogP contribution in [-0.4, -0.2) is 12.1 Å². The molecule has 13 heavy (non-hydrogen) atoms. The van der Waals surface area contributed by atoms with E-state index in [2.05, 4.69) is 0 Å². The molecular weight excluding hydrogens is 166 g/mol. The molecule has 72 valence electrons. The molecule has 0 aliphatic heterocycles. The molecule has 0 radical (unpaired) electrons. The molecule has 1 aromatic heterocycles. The topological polar surface area (TPSA) is 48.4 Å². The summed E-state index contributed by atoms with van der Waals surface area (Å²) in [6.45, 7) is 2.51. The molecule has 3 heteroatoms. The molecule has 0 saturated heterocycles. The van der Waals surface area contributed by atoms with Gasteiger partial charge in [0.1, 0.15) is 18.1 Å². The maximum absolute atomic E-state index is 5.64. The second kappa shape index (κ2) is 3.52. The lowest BCUT2D eigenvalue weighted by atomic mass is 9.90. The Hall–Kier alpha value is -0.800. The predicted molar refractivity (Wildman–Crippen MR) is 49.2 cm³/mol. The fourth-order valence-corrected chi connectivity index (χ4v) is 1.51. The van der Waals surface area contributed by atoms with Gasteiger partial charge in [0.15, 0.2) is 0 Å². The van der Waals surface area contributed by atoms with Crippen LogP contribution in [0, 0.1) is 6.92 Å². The highest BCUT2D eigenvalue weighted by Gasteiger charge is 2.26. The summed E-state index contributed by atoms with van der Waals surface area (Å²) in [6.07, 6.45) is 2.32. The van der Waals surface area contributed by atoms with Crippen molar-refractivity contribution in [2.75, 3.05) is 0 Å². The van der Waals surface area contributed by atoms with Crippen LogP contribution in [0.4, 0.5) is 0 Å². The number of furan rings is 1. The lowest BCUT2D eigenvalue weighted by molar-refractivity contribution is -0.0255. The molecular formula is C10H15NO2. The summed E-state index contributed by atoms with van der Waals surface area (Å²) in [7, 11) is 0. The van der Waals surface area contributed by atoms with Gasteiger partial charge >= 0.3 is 0 Å². The number of aryl methyl sites for hydroxylation is 1. The first-order valence-corrected chi connectivity index (χ1v) is 4.66. The van der Waals surface area contributed by atoms with Gasteiger partial charge in [-0.1, -0.05) is 0 Å². The second-order valence-corrected chi connectivity index (χ2v) is 3.68. The van der Waals surface area contributed by atoms with Crippen molar-refractivity contribution in [2.24, 2.45) is 5.73 Å². The summed E-state index contributed by atoms with van der Waals surface area (Å²) in [5.41, 5.74) is 5.64. The van der Waals surface area contributed by atoms with Gasteiger partial charge in [-0.3, -0.25) is 0 Å². The summed E-state index contributed by atoms with van der Waals surface area (Å²) in [5, 5.41) is 0. The van der Waals surface area contributed by atoms with E-state index in [1.54, 1.807) is 0 Å². The number of ether oxygens (including phenoxy) is 1. The average molecular weight is 181 g/mol. The first-order chi connectivity index (χ1) is 6.24. The van der Waals surface area contributed by atoms with Gasteiger partial charge in [-0.05, 0) is 31.9 Å². The Morgan fingerprint density at radius 3 is 2.85 bits per heavy atom. The van der Waals surface area contributed by atoms with Gasteiger partial charge in [0.25, 0.3) is 0 Å². The first-order valence-electron chi connectivity index (χ1n) is 4.66. The predicted octanol–water partition coefficient (Wildman–Crippen LogP) is 1.59. The Morgan fingerprint density at radius 2 is 2.31 bits per heavy atom. The maximum Gasteiger partial charge on any atom is 0.129 e. The Bertz CT molecular complexity index is 276. The van der Waals surface area contributed by atoms with E-state index in [4.69, 9.17) is 14.9 Å². The van der Waals surface area contributed by atoms with Crippen LogP contribution in [0.3, 0.4) is 0 Å². The third kappa shape index (κ3) is 2.11. The van der Waals surface area contributed by atoms with Crippen molar-refractivity contribution in [1.29, 1.82) is 0 Å². The SMILES string of the molecule is Cc1ccc(COC2CC(N)C2)o1. The lowest BCUT2D eigenvalue weighted by Gasteiger charge is -2.31. The molecule has 2 N–H and O–H groups in total. The van der Waals surface area contributed by atoms with Gasteiger partial charge < -0.3 is 14.9 Å². The molecule has 1 fully saturated rings. The van der Waals surface area contributed by atoms with Gasteiger partial charge in [0.05, 0.1) is 6.10 Å². The Morgan fingerprint density at radius 1 is 1.54 bits per heavy atom. The van der Waals surface area contributed by atoms with Crippen LogP contribution < -0.4 is 5.73 Å². The van der Waals surface area contributed by atoms with E-state index in [1.165, 1.54) is 0 Å². The molecule has 2 rings (SSSR count). The van der Waals surface area contributed by atoms with E-state index >= 15 is 0 Å². The maximum atomic E-state index is 5.64. The van der Waals surface area contributed by atoms with Crippen LogP contribution in [0.5, 0.6) is 0 Å². The van der Waals surface area contributed by atoms with Crippen molar-refractivity contribution in [2.45, 2.75) is 38.5 Å².